The van der Waals surface area contributed by atoms with Crippen molar-refractivity contribution in [1.82, 2.24) is 5.32 Å². The summed E-state index contributed by atoms with van der Waals surface area (Å²) in [5.41, 5.74) is 0.725. The third-order valence-electron chi connectivity index (χ3n) is 3.70. The molecule has 0 bridgehead atoms. The highest BCUT2D eigenvalue weighted by molar-refractivity contribution is 7.10. The summed E-state index contributed by atoms with van der Waals surface area (Å²) in [4.78, 5) is 12.9. The minimum atomic E-state index is -0.322. The number of rotatable bonds is 4. The molecule has 0 radical (unpaired) electrons. The molecule has 1 atom stereocenters. The molecule has 22 heavy (non-hydrogen) atoms. The first-order chi connectivity index (χ1) is 10.7. The second kappa shape index (κ2) is 6.20. The molecule has 0 aliphatic rings. The molecule has 1 aromatic heterocycles. The normalized spacial score (nSPS) is 12.2. The van der Waals surface area contributed by atoms with Crippen LogP contribution in [0.2, 0.25) is 0 Å². The van der Waals surface area contributed by atoms with E-state index in [9.17, 15) is 9.90 Å². The monoisotopic (exact) mass is 311 g/mol. The zero-order valence-corrected chi connectivity index (χ0v) is 13.1. The van der Waals surface area contributed by atoms with Crippen LogP contribution in [0.3, 0.4) is 0 Å². The Morgan fingerprint density at radius 1 is 1.18 bits per heavy atom. The van der Waals surface area contributed by atoms with Gasteiger partial charge in [-0.1, -0.05) is 49.4 Å². The van der Waals surface area contributed by atoms with Gasteiger partial charge in [-0.15, -0.1) is 11.3 Å². The van der Waals surface area contributed by atoms with E-state index in [-0.39, 0.29) is 17.7 Å². The van der Waals surface area contributed by atoms with Crippen LogP contribution in [-0.4, -0.2) is 11.0 Å². The molecule has 112 valence electrons. The van der Waals surface area contributed by atoms with Gasteiger partial charge in [-0.25, -0.2) is 0 Å². The number of phenols is 1. The molecule has 0 saturated carbocycles. The Bertz CT molecular complexity index is 796. The zero-order chi connectivity index (χ0) is 15.5. The lowest BCUT2D eigenvalue weighted by atomic mass is 9.99. The molecule has 0 aliphatic heterocycles. The summed E-state index contributed by atoms with van der Waals surface area (Å²) in [5.74, 6) is 0.193. The van der Waals surface area contributed by atoms with Crippen molar-refractivity contribution in [2.45, 2.75) is 19.4 Å². The summed E-state index contributed by atoms with van der Waals surface area (Å²) < 4.78 is 0. The van der Waals surface area contributed by atoms with Gasteiger partial charge in [-0.2, -0.15) is 0 Å². The molecule has 1 unspecified atom stereocenters. The van der Waals surface area contributed by atoms with E-state index in [2.05, 4.69) is 5.32 Å². The molecule has 1 heterocycles. The van der Waals surface area contributed by atoms with Gasteiger partial charge < -0.3 is 10.4 Å². The van der Waals surface area contributed by atoms with Crippen molar-refractivity contribution in [3.63, 3.8) is 0 Å². The first-order valence-corrected chi connectivity index (χ1v) is 8.12. The van der Waals surface area contributed by atoms with Crippen LogP contribution in [0.5, 0.6) is 5.75 Å². The molecule has 0 saturated heterocycles. The third kappa shape index (κ3) is 2.70. The summed E-state index contributed by atoms with van der Waals surface area (Å²) in [5, 5.41) is 17.4. The molecule has 2 N–H and O–H groups in total. The molecule has 0 fully saturated rings. The number of carbonyl (C=O) groups is 1. The van der Waals surface area contributed by atoms with Crippen LogP contribution in [0.1, 0.15) is 29.8 Å². The lowest BCUT2D eigenvalue weighted by Crippen LogP contribution is -2.28. The van der Waals surface area contributed by atoms with Gasteiger partial charge in [0.1, 0.15) is 5.75 Å². The predicted molar refractivity (Wildman–Crippen MR) is 90.2 cm³/mol. The number of amides is 1. The maximum Gasteiger partial charge on any atom is 0.220 e. The Kier molecular flexibility index (Phi) is 4.11. The van der Waals surface area contributed by atoms with E-state index in [1.165, 1.54) is 0 Å². The fourth-order valence-electron chi connectivity index (χ4n) is 2.53. The van der Waals surface area contributed by atoms with E-state index in [1.807, 2.05) is 60.8 Å². The summed E-state index contributed by atoms with van der Waals surface area (Å²) in [7, 11) is 0. The number of hydrogen-bond donors (Lipinski definition) is 2. The van der Waals surface area contributed by atoms with Gasteiger partial charge in [0, 0.05) is 22.2 Å². The van der Waals surface area contributed by atoms with E-state index < -0.39 is 0 Å². The zero-order valence-electron chi connectivity index (χ0n) is 12.2. The number of fused-ring (bicyclic) bond motifs is 1. The lowest BCUT2D eigenvalue weighted by molar-refractivity contribution is -0.121. The van der Waals surface area contributed by atoms with Crippen LogP contribution in [0, 0.1) is 0 Å². The highest BCUT2D eigenvalue weighted by Crippen LogP contribution is 2.36. The molecule has 2 aromatic carbocycles. The summed E-state index contributed by atoms with van der Waals surface area (Å²) in [6, 6.07) is 15.2. The predicted octanol–water partition coefficient (Wildman–Crippen LogP) is 4.22. The van der Waals surface area contributed by atoms with Crippen molar-refractivity contribution in [1.29, 1.82) is 0 Å². The van der Waals surface area contributed by atoms with Gasteiger partial charge in [-0.05, 0) is 16.8 Å². The van der Waals surface area contributed by atoms with Gasteiger partial charge >= 0.3 is 0 Å². The molecule has 3 rings (SSSR count). The quantitative estimate of drug-likeness (QED) is 0.758. The number of carbonyl (C=O) groups excluding carboxylic acids is 1. The van der Waals surface area contributed by atoms with Gasteiger partial charge in [-0.3, -0.25) is 4.79 Å². The van der Waals surface area contributed by atoms with Crippen molar-refractivity contribution in [3.8, 4) is 5.75 Å². The lowest BCUT2D eigenvalue weighted by Gasteiger charge is -2.20. The molecule has 3 aromatic rings. The number of benzene rings is 2. The average molecular weight is 311 g/mol. The third-order valence-corrected chi connectivity index (χ3v) is 4.63. The van der Waals surface area contributed by atoms with Gasteiger partial charge in [0.05, 0.1) is 6.04 Å². The second-order valence-corrected chi connectivity index (χ2v) is 6.07. The molecule has 0 aliphatic carbocycles. The van der Waals surface area contributed by atoms with E-state index in [4.69, 9.17) is 0 Å². The molecule has 1 amide bonds. The highest BCUT2D eigenvalue weighted by Gasteiger charge is 2.21. The van der Waals surface area contributed by atoms with Crippen molar-refractivity contribution >= 4 is 28.0 Å². The highest BCUT2D eigenvalue weighted by atomic mass is 32.1. The van der Waals surface area contributed by atoms with Crippen molar-refractivity contribution in [2.75, 3.05) is 0 Å². The van der Waals surface area contributed by atoms with E-state index >= 15 is 0 Å². The SMILES string of the molecule is CCC(=O)NC(c1cccs1)c1ccc2ccccc2c1O. The summed E-state index contributed by atoms with van der Waals surface area (Å²) in [6.07, 6.45) is 0.413. The van der Waals surface area contributed by atoms with E-state index in [0.29, 0.717) is 6.42 Å². The second-order valence-electron chi connectivity index (χ2n) is 5.09. The van der Waals surface area contributed by atoms with Gasteiger partial charge in [0.15, 0.2) is 0 Å². The van der Waals surface area contributed by atoms with Crippen LogP contribution < -0.4 is 5.32 Å². The van der Waals surface area contributed by atoms with Crippen LogP contribution >= 0.6 is 11.3 Å². The van der Waals surface area contributed by atoms with E-state index in [1.54, 1.807) is 11.3 Å². The van der Waals surface area contributed by atoms with Crippen LogP contribution in [0.15, 0.2) is 53.9 Å². The van der Waals surface area contributed by atoms with Crippen LogP contribution in [0.25, 0.3) is 10.8 Å². The molecular formula is C18H17NO2S. The average Bonchev–Trinajstić information content (AvgIpc) is 3.08. The Labute approximate surface area is 133 Å². The Morgan fingerprint density at radius 2 is 2.00 bits per heavy atom. The number of aromatic hydroxyl groups is 1. The van der Waals surface area contributed by atoms with Crippen molar-refractivity contribution in [3.05, 3.63) is 64.4 Å². The summed E-state index contributed by atoms with van der Waals surface area (Å²) in [6.45, 7) is 1.82. The van der Waals surface area contributed by atoms with Crippen molar-refractivity contribution in [2.24, 2.45) is 0 Å². The smallest absolute Gasteiger partial charge is 0.220 e. The maximum absolute atomic E-state index is 11.9. The van der Waals surface area contributed by atoms with E-state index in [0.717, 1.165) is 21.2 Å². The first kappa shape index (κ1) is 14.6. The largest absolute Gasteiger partial charge is 0.507 e. The standard InChI is InChI=1S/C18H17NO2S/c1-2-16(20)19-17(15-8-5-11-22-15)14-10-9-12-6-3-4-7-13(12)18(14)21/h3-11,17,21H,2H2,1H3,(H,19,20). The van der Waals surface area contributed by atoms with Gasteiger partial charge in [0.25, 0.3) is 0 Å². The Hall–Kier alpha value is -2.33. The number of thiophene rings is 1. The Balaban J connectivity index is 2.11. The van der Waals surface area contributed by atoms with Crippen LogP contribution in [0.4, 0.5) is 0 Å². The minimum absolute atomic E-state index is 0.0361. The molecular weight excluding hydrogens is 294 g/mol. The Morgan fingerprint density at radius 3 is 2.73 bits per heavy atom. The fraction of sp³-hybridized carbons (Fsp3) is 0.167. The summed E-state index contributed by atoms with van der Waals surface area (Å²) >= 11 is 1.57. The number of phenolic OH excluding ortho intramolecular Hbond substituents is 1. The molecule has 0 spiro atoms. The number of hydrogen-bond acceptors (Lipinski definition) is 3. The number of nitrogens with one attached hydrogen (secondary N) is 1. The molecule has 3 nitrogen and oxygen atoms in total. The fourth-order valence-corrected chi connectivity index (χ4v) is 3.32. The first-order valence-electron chi connectivity index (χ1n) is 7.24. The van der Waals surface area contributed by atoms with Gasteiger partial charge in [0.2, 0.25) is 5.91 Å². The minimum Gasteiger partial charge on any atom is -0.507 e. The molecule has 4 heteroatoms. The maximum atomic E-state index is 11.9. The van der Waals surface area contributed by atoms with Crippen LogP contribution in [-0.2, 0) is 4.79 Å². The van der Waals surface area contributed by atoms with Crippen molar-refractivity contribution < 1.29 is 9.90 Å². The topological polar surface area (TPSA) is 49.3 Å².